The van der Waals surface area contributed by atoms with Crippen molar-refractivity contribution in [1.82, 2.24) is 10.2 Å². The van der Waals surface area contributed by atoms with Gasteiger partial charge in [-0.05, 0) is 32.2 Å². The van der Waals surface area contributed by atoms with Gasteiger partial charge in [0.15, 0.2) is 0 Å². The number of nitrogens with one attached hydrogen (secondary N) is 1. The Hall–Kier alpha value is -0.770. The van der Waals surface area contributed by atoms with E-state index in [9.17, 15) is 4.79 Å². The second kappa shape index (κ2) is 4.24. The quantitative estimate of drug-likeness (QED) is 0.768. The lowest BCUT2D eigenvalue weighted by Crippen LogP contribution is -2.47. The first-order chi connectivity index (χ1) is 7.18. The molecule has 0 aromatic heterocycles. The van der Waals surface area contributed by atoms with Crippen LogP contribution < -0.4 is 11.1 Å². The molecule has 1 fully saturated rings. The van der Waals surface area contributed by atoms with E-state index >= 15 is 0 Å². The third-order valence-corrected chi connectivity index (χ3v) is 3.44. The largest absolute Gasteiger partial charge is 0.333 e. The Morgan fingerprint density at radius 2 is 1.94 bits per heavy atom. The summed E-state index contributed by atoms with van der Waals surface area (Å²) in [7, 11) is 0. The van der Waals surface area contributed by atoms with Crippen molar-refractivity contribution in [2.24, 2.45) is 11.1 Å². The molecule has 0 bridgehead atoms. The Bertz CT molecular complexity index is 268. The standard InChI is InChI=1S/C12H25N3O/c1-11(2,3)9-8-15(10(16)14-9)12(4,5)6-7-13/h9H,6-8,13H2,1-5H3,(H,14,16). The van der Waals surface area contributed by atoms with Crippen molar-refractivity contribution in [3.63, 3.8) is 0 Å². The van der Waals surface area contributed by atoms with Gasteiger partial charge in [0.1, 0.15) is 0 Å². The van der Waals surface area contributed by atoms with Crippen molar-refractivity contribution < 1.29 is 4.79 Å². The number of carbonyl (C=O) groups excluding carboxylic acids is 1. The second-order valence-corrected chi connectivity index (χ2v) is 6.33. The molecular weight excluding hydrogens is 202 g/mol. The molecule has 0 aromatic rings. The molecule has 0 aliphatic carbocycles. The van der Waals surface area contributed by atoms with Gasteiger partial charge < -0.3 is 16.0 Å². The third-order valence-electron chi connectivity index (χ3n) is 3.44. The Kier molecular flexibility index (Phi) is 3.53. The molecule has 3 N–H and O–H groups in total. The summed E-state index contributed by atoms with van der Waals surface area (Å²) in [6, 6.07) is 0.260. The molecular formula is C12H25N3O. The van der Waals surface area contributed by atoms with Crippen LogP contribution in [0.2, 0.25) is 0 Å². The van der Waals surface area contributed by atoms with Crippen molar-refractivity contribution in [1.29, 1.82) is 0 Å². The topological polar surface area (TPSA) is 58.4 Å². The molecule has 1 heterocycles. The fraction of sp³-hybridized carbons (Fsp3) is 0.917. The molecule has 16 heavy (non-hydrogen) atoms. The Labute approximate surface area is 98.6 Å². The van der Waals surface area contributed by atoms with Gasteiger partial charge in [0.25, 0.3) is 0 Å². The van der Waals surface area contributed by atoms with Gasteiger partial charge in [0.2, 0.25) is 0 Å². The van der Waals surface area contributed by atoms with Crippen LogP contribution >= 0.6 is 0 Å². The predicted molar refractivity (Wildman–Crippen MR) is 66.2 cm³/mol. The number of hydrogen-bond donors (Lipinski definition) is 2. The van der Waals surface area contributed by atoms with Crippen molar-refractivity contribution in [2.45, 2.75) is 52.6 Å². The molecule has 1 aliphatic rings. The number of nitrogens with two attached hydrogens (primary N) is 1. The minimum absolute atomic E-state index is 0.0402. The van der Waals surface area contributed by atoms with Gasteiger partial charge in [-0.25, -0.2) is 4.79 Å². The first-order valence-electron chi connectivity index (χ1n) is 5.96. The van der Waals surface area contributed by atoms with E-state index in [0.717, 1.165) is 13.0 Å². The van der Waals surface area contributed by atoms with Crippen LogP contribution in [0.15, 0.2) is 0 Å². The van der Waals surface area contributed by atoms with Crippen LogP contribution in [-0.4, -0.2) is 35.6 Å². The summed E-state index contributed by atoms with van der Waals surface area (Å²) in [5.41, 5.74) is 5.54. The average Bonchev–Trinajstić information content (AvgIpc) is 2.46. The van der Waals surface area contributed by atoms with Crippen molar-refractivity contribution >= 4 is 6.03 Å². The minimum Gasteiger partial charge on any atom is -0.333 e. The molecule has 1 aliphatic heterocycles. The Morgan fingerprint density at radius 3 is 2.31 bits per heavy atom. The molecule has 1 atom stereocenters. The summed E-state index contributed by atoms with van der Waals surface area (Å²) in [5.74, 6) is 0. The predicted octanol–water partition coefficient (Wildman–Crippen LogP) is 1.55. The van der Waals surface area contributed by atoms with Gasteiger partial charge >= 0.3 is 6.03 Å². The van der Waals surface area contributed by atoms with Crippen LogP contribution in [0.5, 0.6) is 0 Å². The van der Waals surface area contributed by atoms with Crippen molar-refractivity contribution in [3.8, 4) is 0 Å². The number of nitrogens with zero attached hydrogens (tertiary/aromatic N) is 1. The highest BCUT2D eigenvalue weighted by Crippen LogP contribution is 2.29. The molecule has 4 heteroatoms. The minimum atomic E-state index is -0.154. The van der Waals surface area contributed by atoms with Crippen LogP contribution in [0.1, 0.15) is 41.0 Å². The Morgan fingerprint density at radius 1 is 1.38 bits per heavy atom. The normalized spacial score (nSPS) is 22.5. The molecule has 1 saturated heterocycles. The zero-order valence-corrected chi connectivity index (χ0v) is 11.1. The van der Waals surface area contributed by atoms with Crippen LogP contribution in [0, 0.1) is 5.41 Å². The molecule has 0 radical (unpaired) electrons. The number of rotatable bonds is 3. The second-order valence-electron chi connectivity index (χ2n) is 6.33. The highest BCUT2D eigenvalue weighted by atomic mass is 16.2. The van der Waals surface area contributed by atoms with E-state index in [1.165, 1.54) is 0 Å². The van der Waals surface area contributed by atoms with E-state index in [-0.39, 0.29) is 23.0 Å². The molecule has 1 rings (SSSR count). The van der Waals surface area contributed by atoms with Gasteiger partial charge in [-0.3, -0.25) is 0 Å². The van der Waals surface area contributed by atoms with Gasteiger partial charge in [0.05, 0.1) is 6.04 Å². The van der Waals surface area contributed by atoms with Crippen LogP contribution in [-0.2, 0) is 0 Å². The highest BCUT2D eigenvalue weighted by molar-refractivity contribution is 5.77. The van der Waals surface area contributed by atoms with E-state index in [0.29, 0.717) is 6.54 Å². The lowest BCUT2D eigenvalue weighted by Gasteiger charge is -2.35. The maximum absolute atomic E-state index is 11.9. The van der Waals surface area contributed by atoms with Crippen LogP contribution in [0.3, 0.4) is 0 Å². The summed E-state index contributed by atoms with van der Waals surface area (Å²) < 4.78 is 0. The summed E-state index contributed by atoms with van der Waals surface area (Å²) >= 11 is 0. The first-order valence-corrected chi connectivity index (χ1v) is 5.96. The zero-order valence-electron chi connectivity index (χ0n) is 11.1. The van der Waals surface area contributed by atoms with E-state index in [2.05, 4.69) is 39.9 Å². The van der Waals surface area contributed by atoms with E-state index in [1.54, 1.807) is 0 Å². The van der Waals surface area contributed by atoms with Gasteiger partial charge in [-0.2, -0.15) is 0 Å². The maximum atomic E-state index is 11.9. The average molecular weight is 227 g/mol. The van der Waals surface area contributed by atoms with Crippen LogP contribution in [0.25, 0.3) is 0 Å². The van der Waals surface area contributed by atoms with E-state index in [1.807, 2.05) is 4.90 Å². The first kappa shape index (κ1) is 13.3. The third kappa shape index (κ3) is 2.67. The van der Waals surface area contributed by atoms with E-state index in [4.69, 9.17) is 5.73 Å². The van der Waals surface area contributed by atoms with Gasteiger partial charge in [0, 0.05) is 12.1 Å². The monoisotopic (exact) mass is 227 g/mol. The maximum Gasteiger partial charge on any atom is 0.318 e. The molecule has 2 amide bonds. The van der Waals surface area contributed by atoms with Crippen molar-refractivity contribution in [3.05, 3.63) is 0 Å². The summed E-state index contributed by atoms with van der Waals surface area (Å²) in [6.45, 7) is 12.0. The SMILES string of the molecule is CC(C)(C)C1CN(C(C)(C)CCN)C(=O)N1. The summed E-state index contributed by atoms with van der Waals surface area (Å²) in [4.78, 5) is 13.8. The molecule has 0 spiro atoms. The zero-order chi connectivity index (χ0) is 12.6. The number of urea groups is 1. The van der Waals surface area contributed by atoms with Gasteiger partial charge in [-0.15, -0.1) is 0 Å². The summed E-state index contributed by atoms with van der Waals surface area (Å²) in [5, 5.41) is 3.05. The van der Waals surface area contributed by atoms with Crippen molar-refractivity contribution in [2.75, 3.05) is 13.1 Å². The van der Waals surface area contributed by atoms with Crippen LogP contribution in [0.4, 0.5) is 4.79 Å². The number of hydrogen-bond acceptors (Lipinski definition) is 2. The Balaban J connectivity index is 2.75. The number of amides is 2. The smallest absolute Gasteiger partial charge is 0.318 e. The summed E-state index contributed by atoms with van der Waals surface area (Å²) in [6.07, 6.45) is 0.831. The lowest BCUT2D eigenvalue weighted by atomic mass is 9.86. The van der Waals surface area contributed by atoms with Gasteiger partial charge in [-0.1, -0.05) is 20.8 Å². The molecule has 1 unspecified atom stereocenters. The molecule has 0 saturated carbocycles. The lowest BCUT2D eigenvalue weighted by molar-refractivity contribution is 0.148. The molecule has 94 valence electrons. The highest BCUT2D eigenvalue weighted by Gasteiger charge is 2.41. The fourth-order valence-corrected chi connectivity index (χ4v) is 2.04. The number of carbonyl (C=O) groups is 1. The fourth-order valence-electron chi connectivity index (χ4n) is 2.04. The van der Waals surface area contributed by atoms with E-state index < -0.39 is 0 Å². The molecule has 4 nitrogen and oxygen atoms in total. The molecule has 0 aromatic carbocycles.